The van der Waals surface area contributed by atoms with Gasteiger partial charge < -0.3 is 15.6 Å². The van der Waals surface area contributed by atoms with E-state index in [1.807, 2.05) is 0 Å². The summed E-state index contributed by atoms with van der Waals surface area (Å²) >= 11 is 0. The molecule has 0 amide bonds. The highest BCUT2D eigenvalue weighted by Gasteiger charge is 2.55. The Morgan fingerprint density at radius 2 is 1.97 bits per heavy atom. The number of aromatic nitrogens is 3. The van der Waals surface area contributed by atoms with Crippen LogP contribution in [0, 0.1) is 35.7 Å². The topological polar surface area (TPSA) is 87.9 Å². The molecule has 2 aliphatic rings. The summed E-state index contributed by atoms with van der Waals surface area (Å²) in [6.45, 7) is 0.479. The summed E-state index contributed by atoms with van der Waals surface area (Å²) < 4.78 is 59.1. The van der Waals surface area contributed by atoms with Gasteiger partial charge in [0.05, 0.1) is 22.5 Å². The third-order valence-corrected chi connectivity index (χ3v) is 7.10. The molecule has 3 N–H and O–H groups in total. The molecule has 10 heteroatoms. The second-order valence-electron chi connectivity index (χ2n) is 9.22. The number of nitrogen functional groups attached to an aromatic ring is 1. The molecule has 1 saturated carbocycles. The first kappa shape index (κ1) is 22.3. The van der Waals surface area contributed by atoms with Crippen LogP contribution in [0.4, 0.5) is 29.1 Å². The number of fused-ring (bicyclic) bond motifs is 3. The maximum atomic E-state index is 16.0. The second kappa shape index (κ2) is 7.95. The Morgan fingerprint density at radius 3 is 2.75 bits per heavy atom. The minimum absolute atomic E-state index is 0.0383. The van der Waals surface area contributed by atoms with E-state index in [9.17, 15) is 18.0 Å². The number of alkyl halides is 1. The molecule has 0 radical (unpaired) electrons. The van der Waals surface area contributed by atoms with Crippen molar-refractivity contribution in [3.05, 3.63) is 57.9 Å². The molecular weight excluding hydrogens is 474 g/mol. The Balaban J connectivity index is 1.61. The molecule has 182 valence electrons. The van der Waals surface area contributed by atoms with E-state index in [0.717, 1.165) is 25.3 Å². The van der Waals surface area contributed by atoms with Crippen molar-refractivity contribution in [3.8, 4) is 23.6 Å². The van der Waals surface area contributed by atoms with Crippen molar-refractivity contribution in [2.45, 2.75) is 31.5 Å². The van der Waals surface area contributed by atoms with Crippen LogP contribution in [0.2, 0.25) is 0 Å². The number of nitrogens with two attached hydrogens (primary N) is 1. The number of halogens is 4. The zero-order valence-electron chi connectivity index (χ0n) is 18.8. The first-order valence-electron chi connectivity index (χ1n) is 11.5. The number of nitrogens with one attached hydrogen (secondary N) is 1. The van der Waals surface area contributed by atoms with E-state index < -0.39 is 40.9 Å². The zero-order chi connectivity index (χ0) is 25.3. The van der Waals surface area contributed by atoms with Gasteiger partial charge in [-0.25, -0.2) is 22.4 Å². The molecule has 6 nitrogen and oxygen atoms in total. The maximum absolute atomic E-state index is 16.0. The highest BCUT2D eigenvalue weighted by atomic mass is 19.2. The molecule has 2 aromatic carbocycles. The fourth-order valence-electron chi connectivity index (χ4n) is 5.42. The van der Waals surface area contributed by atoms with Gasteiger partial charge in [0, 0.05) is 35.3 Å². The highest BCUT2D eigenvalue weighted by molar-refractivity contribution is 6.03. The van der Waals surface area contributed by atoms with Crippen molar-refractivity contribution < 1.29 is 17.6 Å². The molecule has 1 aliphatic carbocycles. The first-order valence-corrected chi connectivity index (χ1v) is 11.5. The molecule has 0 spiro atoms. The van der Waals surface area contributed by atoms with E-state index in [0.29, 0.717) is 6.54 Å². The van der Waals surface area contributed by atoms with Crippen LogP contribution in [0.25, 0.3) is 32.9 Å². The maximum Gasteiger partial charge on any atom is 0.347 e. The number of nitrogens with zero attached hydrogens (tertiary/aromatic N) is 3. The molecule has 2 aromatic heterocycles. The monoisotopic (exact) mass is 493 g/mol. The molecule has 2 fully saturated rings. The molecule has 1 aliphatic heterocycles. The number of H-pyrrole nitrogens is 1. The van der Waals surface area contributed by atoms with Crippen molar-refractivity contribution in [1.82, 2.24) is 15.0 Å². The molecule has 0 bridgehead atoms. The number of aromatic amines is 1. The van der Waals surface area contributed by atoms with Gasteiger partial charge in [-0.1, -0.05) is 12.3 Å². The van der Waals surface area contributed by atoms with Crippen LogP contribution in [-0.2, 0) is 0 Å². The van der Waals surface area contributed by atoms with Gasteiger partial charge in [0.15, 0.2) is 17.5 Å². The van der Waals surface area contributed by atoms with Crippen molar-refractivity contribution in [2.24, 2.45) is 5.92 Å². The van der Waals surface area contributed by atoms with Gasteiger partial charge in [0.2, 0.25) is 0 Å². The molecule has 3 atom stereocenters. The van der Waals surface area contributed by atoms with Crippen molar-refractivity contribution in [1.29, 1.82) is 0 Å². The lowest BCUT2D eigenvalue weighted by molar-refractivity contribution is 0.420. The van der Waals surface area contributed by atoms with Gasteiger partial charge in [-0.05, 0) is 36.4 Å². The standard InChI is InChI=1S/C26H19F4N5O/c1-2-13-18-11(8-17(27)19(13)28)7-12(31)9-15(18)22-21(30)23-16(10-32-22)25(34-26(36)33-23)35-6-4-3-5-14-20(29)24(14)35/h1,7-10,14,20,24H,3-6,31H2,(H,33,34,36)/t14-,20+,24-/m0/s1. The van der Waals surface area contributed by atoms with Gasteiger partial charge >= 0.3 is 5.69 Å². The van der Waals surface area contributed by atoms with E-state index in [4.69, 9.17) is 12.2 Å². The van der Waals surface area contributed by atoms with Crippen molar-refractivity contribution in [3.63, 3.8) is 0 Å². The van der Waals surface area contributed by atoms with Gasteiger partial charge in [-0.15, -0.1) is 6.42 Å². The Morgan fingerprint density at radius 1 is 1.17 bits per heavy atom. The van der Waals surface area contributed by atoms with E-state index in [1.54, 1.807) is 4.90 Å². The molecule has 3 heterocycles. The fourth-order valence-corrected chi connectivity index (χ4v) is 5.42. The normalized spacial score (nSPS) is 21.3. The number of pyridine rings is 1. The quantitative estimate of drug-likeness (QED) is 0.245. The van der Waals surface area contributed by atoms with Crippen LogP contribution >= 0.6 is 0 Å². The van der Waals surface area contributed by atoms with Crippen LogP contribution in [0.5, 0.6) is 0 Å². The number of terminal acetylenes is 1. The lowest BCUT2D eigenvalue weighted by Gasteiger charge is -2.24. The summed E-state index contributed by atoms with van der Waals surface area (Å²) in [5.41, 5.74) is 4.50. The van der Waals surface area contributed by atoms with E-state index in [1.165, 1.54) is 18.3 Å². The van der Waals surface area contributed by atoms with Crippen LogP contribution in [-0.4, -0.2) is 33.7 Å². The van der Waals surface area contributed by atoms with E-state index in [-0.39, 0.29) is 50.4 Å². The lowest BCUT2D eigenvalue weighted by Crippen LogP contribution is -2.31. The summed E-state index contributed by atoms with van der Waals surface area (Å²) in [4.78, 5) is 24.9. The van der Waals surface area contributed by atoms with Gasteiger partial charge in [0.25, 0.3) is 0 Å². The van der Waals surface area contributed by atoms with Gasteiger partial charge in [0.1, 0.15) is 17.7 Å². The number of hydrogen-bond donors (Lipinski definition) is 2. The van der Waals surface area contributed by atoms with Gasteiger partial charge in [-0.2, -0.15) is 4.98 Å². The van der Waals surface area contributed by atoms with Gasteiger partial charge in [-0.3, -0.25) is 4.98 Å². The summed E-state index contributed by atoms with van der Waals surface area (Å²) in [5.74, 6) is -1.19. The average molecular weight is 493 g/mol. The van der Waals surface area contributed by atoms with Crippen LogP contribution in [0.1, 0.15) is 24.8 Å². The third kappa shape index (κ3) is 3.22. The van der Waals surface area contributed by atoms with Crippen LogP contribution in [0.15, 0.2) is 29.2 Å². The van der Waals surface area contributed by atoms with Crippen molar-refractivity contribution >= 4 is 33.2 Å². The fraction of sp³-hybridized carbons (Fsp3) is 0.269. The van der Waals surface area contributed by atoms with Crippen LogP contribution in [0.3, 0.4) is 0 Å². The predicted molar refractivity (Wildman–Crippen MR) is 129 cm³/mol. The Kier molecular flexibility index (Phi) is 4.93. The summed E-state index contributed by atoms with van der Waals surface area (Å²) in [7, 11) is 0. The first-order chi connectivity index (χ1) is 17.3. The number of rotatable bonds is 2. The minimum atomic E-state index is -1.25. The molecule has 0 unspecified atom stereocenters. The Labute approximate surface area is 202 Å². The SMILES string of the molecule is C#Cc1c(F)c(F)cc2cc(N)cc(-c3ncc4c(N5CCCC[C@H]6[C@@H](F)[C@H]65)nc(=O)[nH]c4c3F)c12. The number of benzene rings is 2. The summed E-state index contributed by atoms with van der Waals surface area (Å²) in [6.07, 6.45) is 8.15. The molecule has 1 saturated heterocycles. The number of anilines is 2. The van der Waals surface area contributed by atoms with E-state index >= 15 is 4.39 Å². The largest absolute Gasteiger partial charge is 0.399 e. The molecular formula is C26H19F4N5O. The third-order valence-electron chi connectivity index (χ3n) is 7.10. The summed E-state index contributed by atoms with van der Waals surface area (Å²) in [5, 5.41) is 0.431. The zero-order valence-corrected chi connectivity index (χ0v) is 18.8. The molecule has 4 aromatic rings. The number of hydrogen-bond acceptors (Lipinski definition) is 5. The Bertz CT molecular complexity index is 1680. The minimum Gasteiger partial charge on any atom is -0.399 e. The Hall–Kier alpha value is -4.13. The van der Waals surface area contributed by atoms with Crippen molar-refractivity contribution in [2.75, 3.05) is 17.2 Å². The summed E-state index contributed by atoms with van der Waals surface area (Å²) in [6, 6.07) is 3.26. The van der Waals surface area contributed by atoms with E-state index in [2.05, 4.69) is 20.9 Å². The lowest BCUT2D eigenvalue weighted by atomic mass is 9.95. The molecule has 6 rings (SSSR count). The second-order valence-corrected chi connectivity index (χ2v) is 9.22. The smallest absolute Gasteiger partial charge is 0.347 e. The van der Waals surface area contributed by atoms with Crippen LogP contribution < -0.4 is 16.3 Å². The predicted octanol–water partition coefficient (Wildman–Crippen LogP) is 4.45. The average Bonchev–Trinajstić information content (AvgIpc) is 3.54. The highest BCUT2D eigenvalue weighted by Crippen LogP contribution is 2.47. The molecule has 36 heavy (non-hydrogen) atoms.